The van der Waals surface area contributed by atoms with E-state index in [1.54, 1.807) is 6.92 Å². The van der Waals surface area contributed by atoms with Gasteiger partial charge in [-0.25, -0.2) is 17.6 Å². The first-order valence-corrected chi connectivity index (χ1v) is 11.0. The summed E-state index contributed by atoms with van der Waals surface area (Å²) < 4.78 is 75.1. The van der Waals surface area contributed by atoms with Crippen molar-refractivity contribution in [3.8, 4) is 0 Å². The van der Waals surface area contributed by atoms with Crippen LogP contribution in [0.5, 0.6) is 0 Å². The van der Waals surface area contributed by atoms with Crippen LogP contribution < -0.4 is 0 Å². The summed E-state index contributed by atoms with van der Waals surface area (Å²) in [4.78, 5) is 22.4. The van der Waals surface area contributed by atoms with Gasteiger partial charge in [-0.15, -0.1) is 0 Å². The molecule has 0 saturated carbocycles. The van der Waals surface area contributed by atoms with Crippen LogP contribution in [-0.4, -0.2) is 60.4 Å². The molecule has 158 valence electrons. The average molecular weight is 436 g/mol. The highest BCUT2D eigenvalue weighted by Crippen LogP contribution is 2.28. The lowest BCUT2D eigenvalue weighted by atomic mass is 10.3. The minimum atomic E-state index is -5.87. The Bertz CT molecular complexity index is 617. The molecule has 0 aromatic heterocycles. The molecule has 0 amide bonds. The molecule has 1 fully saturated rings. The number of carbonyl (C=O) groups is 2. The van der Waals surface area contributed by atoms with Crippen molar-refractivity contribution in [2.75, 3.05) is 24.7 Å². The molecule has 0 aliphatic carbocycles. The van der Waals surface area contributed by atoms with Crippen LogP contribution in [0.4, 0.5) is 18.0 Å². The molecule has 1 heterocycles. The fourth-order valence-corrected chi connectivity index (χ4v) is 4.05. The number of halogens is 3. The van der Waals surface area contributed by atoms with Gasteiger partial charge in [-0.2, -0.15) is 13.6 Å². The van der Waals surface area contributed by atoms with Crippen LogP contribution in [0.1, 0.15) is 33.1 Å². The van der Waals surface area contributed by atoms with Crippen LogP contribution in [0.15, 0.2) is 12.2 Å². The van der Waals surface area contributed by atoms with Crippen molar-refractivity contribution in [1.82, 2.24) is 0 Å². The molecule has 1 unspecified atom stereocenters. The summed E-state index contributed by atoms with van der Waals surface area (Å²) in [5.74, 6) is 1.45. The quantitative estimate of drug-likeness (QED) is 0.198. The first-order valence-electron chi connectivity index (χ1n) is 7.98. The zero-order chi connectivity index (χ0) is 21.3. The van der Waals surface area contributed by atoms with E-state index in [1.807, 2.05) is 0 Å². The van der Waals surface area contributed by atoms with Gasteiger partial charge >= 0.3 is 16.5 Å². The monoisotopic (exact) mass is 436 g/mol. The van der Waals surface area contributed by atoms with Gasteiger partial charge in [0, 0.05) is 5.57 Å². The van der Waals surface area contributed by atoms with Gasteiger partial charge in [-0.1, -0.05) is 13.5 Å². The number of alkyl halides is 3. The van der Waals surface area contributed by atoms with Crippen molar-refractivity contribution in [3.05, 3.63) is 12.2 Å². The molecule has 7 nitrogen and oxygen atoms in total. The van der Waals surface area contributed by atoms with Crippen molar-refractivity contribution in [2.45, 2.75) is 44.5 Å². The van der Waals surface area contributed by atoms with E-state index >= 15 is 0 Å². The summed E-state index contributed by atoms with van der Waals surface area (Å²) in [5, 5.41) is -4.94. The molecule has 0 spiro atoms. The van der Waals surface area contributed by atoms with E-state index in [2.05, 4.69) is 6.58 Å². The smallest absolute Gasteiger partial charge is 0.525 e. The van der Waals surface area contributed by atoms with E-state index in [9.17, 15) is 35.7 Å². The van der Waals surface area contributed by atoms with Crippen LogP contribution in [0, 0.1) is 0 Å². The van der Waals surface area contributed by atoms with Gasteiger partial charge in [0.15, 0.2) is 16.3 Å². The normalized spacial score (nSPS) is 16.1. The Morgan fingerprint density at radius 3 is 2.07 bits per heavy atom. The number of carbonyl (C=O) groups excluding carboxylic acids is 2. The highest BCUT2D eigenvalue weighted by Gasteiger charge is 2.46. The predicted molar refractivity (Wildman–Crippen MR) is 93.3 cm³/mol. The Morgan fingerprint density at radius 2 is 1.70 bits per heavy atom. The summed E-state index contributed by atoms with van der Waals surface area (Å²) in [6.07, 6.45) is -1.41. The van der Waals surface area contributed by atoms with E-state index in [1.165, 1.54) is 0 Å². The fraction of sp³-hybridized carbons (Fsp3) is 0.733. The molecule has 0 N–H and O–H groups in total. The second-order valence-corrected chi connectivity index (χ2v) is 9.10. The lowest BCUT2D eigenvalue weighted by molar-refractivity contribution is -0.139. The molecule has 1 aliphatic heterocycles. The van der Waals surface area contributed by atoms with Crippen LogP contribution in [-0.2, 0) is 35.3 Å². The second-order valence-electron chi connectivity index (χ2n) is 5.51. The third kappa shape index (κ3) is 8.98. The van der Waals surface area contributed by atoms with E-state index in [-0.39, 0.29) is 29.4 Å². The van der Waals surface area contributed by atoms with Gasteiger partial charge in [0.2, 0.25) is 0 Å². The van der Waals surface area contributed by atoms with Gasteiger partial charge in [0.25, 0.3) is 0 Å². The first kappa shape index (κ1) is 25.7. The van der Waals surface area contributed by atoms with Crippen molar-refractivity contribution >= 4 is 32.3 Å². The molecular weight excluding hydrogens is 413 g/mol. The van der Waals surface area contributed by atoms with E-state index in [0.29, 0.717) is 5.57 Å². The molecule has 12 heteroatoms. The Labute approximate surface area is 159 Å². The summed E-state index contributed by atoms with van der Waals surface area (Å²) in [5.41, 5.74) is 0.351. The summed E-state index contributed by atoms with van der Waals surface area (Å²) >= 11 is 0. The summed E-state index contributed by atoms with van der Waals surface area (Å²) in [6.45, 7) is 6.29. The standard InChI is InChI=1S/C11H17O4S.C4H7F3O3S/c1-9(2)10(12)14-5-6-15-11(13)16-7-3-4-8-16;1-2-3(5)4(6,7)11(8,9)10/h1,3-8H2,2H3;3H,2H2,1H3,(H,8,9,10)/q+1;/p-1. The predicted octanol–water partition coefficient (Wildman–Crippen LogP) is 2.53. The molecule has 27 heavy (non-hydrogen) atoms. The number of rotatable bonds is 7. The zero-order valence-electron chi connectivity index (χ0n) is 15.0. The van der Waals surface area contributed by atoms with Crippen LogP contribution in [0.25, 0.3) is 0 Å². The second kappa shape index (κ2) is 11.5. The minimum Gasteiger partial charge on any atom is -0.743 e. The number of hydrogen-bond acceptors (Lipinski definition) is 7. The number of ether oxygens (including phenoxy) is 2. The molecule has 1 atom stereocenters. The molecule has 1 saturated heterocycles. The Balaban J connectivity index is 0.000000541. The average Bonchev–Trinajstić information content (AvgIpc) is 3.11. The Kier molecular flexibility index (Phi) is 11.0. The summed E-state index contributed by atoms with van der Waals surface area (Å²) in [6, 6.07) is 0. The lowest BCUT2D eigenvalue weighted by Gasteiger charge is -2.22. The van der Waals surface area contributed by atoms with E-state index in [4.69, 9.17) is 9.47 Å². The van der Waals surface area contributed by atoms with E-state index < -0.39 is 33.9 Å². The van der Waals surface area contributed by atoms with Crippen molar-refractivity contribution in [1.29, 1.82) is 0 Å². The molecule has 0 aromatic rings. The Hall–Kier alpha value is -1.27. The third-order valence-electron chi connectivity index (χ3n) is 3.21. The van der Waals surface area contributed by atoms with Crippen molar-refractivity contribution in [3.63, 3.8) is 0 Å². The zero-order valence-corrected chi connectivity index (χ0v) is 16.7. The van der Waals surface area contributed by atoms with Crippen molar-refractivity contribution < 1.29 is 45.2 Å². The molecule has 0 aromatic carbocycles. The van der Waals surface area contributed by atoms with Crippen LogP contribution in [0.3, 0.4) is 0 Å². The topological polar surface area (TPSA) is 110 Å². The largest absolute Gasteiger partial charge is 0.743 e. The minimum absolute atomic E-state index is 0.106. The van der Waals surface area contributed by atoms with Crippen LogP contribution >= 0.6 is 0 Å². The van der Waals surface area contributed by atoms with Gasteiger partial charge in [0.1, 0.15) is 35.6 Å². The fourth-order valence-electron chi connectivity index (χ4n) is 1.68. The molecule has 1 aliphatic rings. The highest BCUT2D eigenvalue weighted by molar-refractivity contribution is 8.10. The molecular formula is C15H23F3O7S2. The number of hydrogen-bond donors (Lipinski definition) is 0. The highest BCUT2D eigenvalue weighted by atomic mass is 32.2. The van der Waals surface area contributed by atoms with Gasteiger partial charge < -0.3 is 14.0 Å². The first-order chi connectivity index (χ1) is 12.3. The van der Waals surface area contributed by atoms with E-state index in [0.717, 1.165) is 31.3 Å². The maximum atomic E-state index is 12.1. The lowest BCUT2D eigenvalue weighted by Crippen LogP contribution is -2.38. The maximum Gasteiger partial charge on any atom is 0.525 e. The van der Waals surface area contributed by atoms with Gasteiger partial charge in [-0.05, 0) is 26.2 Å². The molecule has 0 radical (unpaired) electrons. The van der Waals surface area contributed by atoms with Gasteiger partial charge in [-0.3, -0.25) is 0 Å². The van der Waals surface area contributed by atoms with Crippen molar-refractivity contribution in [2.24, 2.45) is 0 Å². The SMILES string of the molecule is C=C(C)C(=O)OCCOC(=O)[S+]1CCCC1.CCC(F)C(F)(F)S(=O)(=O)[O-]. The molecule has 1 rings (SSSR count). The van der Waals surface area contributed by atoms with Crippen LogP contribution in [0.2, 0.25) is 0 Å². The maximum absolute atomic E-state index is 12.1. The summed E-state index contributed by atoms with van der Waals surface area (Å²) in [7, 11) is -6.09. The third-order valence-corrected chi connectivity index (χ3v) is 6.28. The Morgan fingerprint density at radius 1 is 1.22 bits per heavy atom. The molecule has 0 bridgehead atoms. The van der Waals surface area contributed by atoms with Gasteiger partial charge in [0.05, 0.1) is 0 Å². The number of esters is 1.